The van der Waals surface area contributed by atoms with Gasteiger partial charge in [0, 0.05) is 54.3 Å². The van der Waals surface area contributed by atoms with Crippen molar-refractivity contribution in [1.29, 1.82) is 0 Å². The molecule has 2 N–H and O–H groups in total. The number of carbonyl (C=O) groups is 2. The molecule has 294 valence electrons. The van der Waals surface area contributed by atoms with Crippen LogP contribution in [-0.2, 0) is 26.3 Å². The van der Waals surface area contributed by atoms with Crippen LogP contribution in [0.25, 0.3) is 0 Å². The Labute approximate surface area is 332 Å². The van der Waals surface area contributed by atoms with Gasteiger partial charge in [-0.3, -0.25) is 9.69 Å². The first-order chi connectivity index (χ1) is 27.2. The quantitative estimate of drug-likeness (QED) is 0.314. The number of nitrogens with two attached hydrogens (primary N) is 1. The number of benzene rings is 1. The topological polar surface area (TPSA) is 85.1 Å². The number of hydrogen-bond donors (Lipinski definition) is 1. The van der Waals surface area contributed by atoms with Crippen LogP contribution in [0.1, 0.15) is 119 Å². The number of esters is 2. The maximum atomic E-state index is 15.8. The van der Waals surface area contributed by atoms with E-state index in [0.29, 0.717) is 60.2 Å². The lowest BCUT2D eigenvalue weighted by Gasteiger charge is -2.72. The molecule has 14 rings (SSSR count). The molecule has 8 heterocycles. The predicted octanol–water partition coefficient (Wildman–Crippen LogP) is 7.96. The van der Waals surface area contributed by atoms with Crippen LogP contribution >= 0.6 is 0 Å². The molecule has 2 saturated carbocycles. The number of fused-ring (bicyclic) bond motifs is 4. The molecule has 0 aromatic heterocycles. The van der Waals surface area contributed by atoms with E-state index in [-0.39, 0.29) is 23.8 Å². The SMILES string of the molecule is CC1CCC2=CC3C(C)CC4=C5C3C3=C2C26C(=O)OC(=CC7CCC8C9CC(CN8C7C)C(CC4)N5C9)C2(CC3)C2(OC(=O)c3c(CCCN)cccc32)C6C1. The molecule has 7 nitrogen and oxygen atoms in total. The van der Waals surface area contributed by atoms with Gasteiger partial charge >= 0.3 is 11.9 Å². The molecule has 10 bridgehead atoms. The van der Waals surface area contributed by atoms with Gasteiger partial charge in [0.1, 0.15) is 11.2 Å². The maximum absolute atomic E-state index is 15.8. The minimum Gasteiger partial charge on any atom is -0.449 e. The molecule has 4 saturated heterocycles. The summed E-state index contributed by atoms with van der Waals surface area (Å²) in [6.45, 7) is 10.4. The summed E-state index contributed by atoms with van der Waals surface area (Å²) in [4.78, 5) is 36.4. The first-order valence-corrected chi connectivity index (χ1v) is 22.9. The number of carbonyl (C=O) groups excluding carboxylic acids is 2. The van der Waals surface area contributed by atoms with Crippen molar-refractivity contribution in [2.45, 2.75) is 128 Å². The fourth-order valence-corrected chi connectivity index (χ4v) is 17.2. The average molecular weight is 754 g/mol. The van der Waals surface area contributed by atoms with E-state index in [1.54, 1.807) is 16.8 Å². The number of ether oxygens (including phenoxy) is 2. The molecular formula is C49H59N3O4. The highest BCUT2D eigenvalue weighted by molar-refractivity contribution is 6.00. The maximum Gasteiger partial charge on any atom is 0.339 e. The summed E-state index contributed by atoms with van der Waals surface area (Å²) in [7, 11) is 0. The van der Waals surface area contributed by atoms with Crippen molar-refractivity contribution in [3.05, 3.63) is 80.8 Å². The standard InChI is InChI=1S/C49H59N3O4/c1-25-9-10-30-21-35-26(2)19-31-12-14-38-32-20-33-24-52(38)44(31)42(35)34-15-16-47-40(22-29-11-13-37(33)51(23-32)27(29)3)55-46(54)48(47,43(30)34)39(18-25)49(47)36-8-4-6-28(7-5-17-50)41(36)45(53)56-49/h4,6,8,21-22,25-27,29,32-33,35,37-39,42H,5,7,9-20,23-24,50H2,1-3H3. The lowest BCUT2D eigenvalue weighted by molar-refractivity contribution is -0.279. The molecule has 13 aliphatic rings. The van der Waals surface area contributed by atoms with E-state index in [4.69, 9.17) is 15.2 Å². The van der Waals surface area contributed by atoms with E-state index >= 15 is 4.79 Å². The monoisotopic (exact) mass is 753 g/mol. The Bertz CT molecular complexity index is 2150. The highest BCUT2D eigenvalue weighted by atomic mass is 16.6. The van der Waals surface area contributed by atoms with Gasteiger partial charge in [0.15, 0.2) is 5.60 Å². The highest BCUT2D eigenvalue weighted by Crippen LogP contribution is 2.88. The first kappa shape index (κ1) is 33.8. The second-order valence-electron chi connectivity index (χ2n) is 21.0. The summed E-state index contributed by atoms with van der Waals surface area (Å²) in [6, 6.07) is 8.05. The van der Waals surface area contributed by atoms with Gasteiger partial charge in [-0.2, -0.15) is 0 Å². The van der Waals surface area contributed by atoms with Gasteiger partial charge in [0.05, 0.1) is 11.0 Å². The van der Waals surface area contributed by atoms with Crippen LogP contribution in [0.5, 0.6) is 0 Å². The summed E-state index contributed by atoms with van der Waals surface area (Å²) in [5.74, 6) is 3.84. The molecule has 15 unspecified atom stereocenters. The van der Waals surface area contributed by atoms with Crippen LogP contribution < -0.4 is 5.73 Å². The molecule has 1 aromatic rings. The lowest BCUT2D eigenvalue weighted by Crippen LogP contribution is -2.77. The zero-order chi connectivity index (χ0) is 37.6. The van der Waals surface area contributed by atoms with E-state index in [1.165, 1.54) is 56.3 Å². The summed E-state index contributed by atoms with van der Waals surface area (Å²) in [6.07, 6.45) is 18.8. The summed E-state index contributed by atoms with van der Waals surface area (Å²) < 4.78 is 14.2. The fourth-order valence-electron chi connectivity index (χ4n) is 17.2. The Kier molecular flexibility index (Phi) is 6.70. The first-order valence-electron chi connectivity index (χ1n) is 22.9. The second-order valence-corrected chi connectivity index (χ2v) is 21.0. The molecule has 15 atom stereocenters. The Morgan fingerprint density at radius 2 is 1.82 bits per heavy atom. The largest absolute Gasteiger partial charge is 0.449 e. The van der Waals surface area contributed by atoms with Gasteiger partial charge < -0.3 is 20.1 Å². The third-order valence-corrected chi connectivity index (χ3v) is 19.1. The molecule has 7 heteroatoms. The van der Waals surface area contributed by atoms with Crippen molar-refractivity contribution < 1.29 is 19.1 Å². The number of hydrogen-bond acceptors (Lipinski definition) is 7. The third kappa shape index (κ3) is 3.62. The number of allylic oxidation sites excluding steroid dienone is 4. The lowest BCUT2D eigenvalue weighted by atomic mass is 9.28. The number of nitrogens with zero attached hydrogens (tertiary/aromatic N) is 2. The summed E-state index contributed by atoms with van der Waals surface area (Å²) in [5, 5.41) is 0. The molecule has 1 aromatic carbocycles. The summed E-state index contributed by atoms with van der Waals surface area (Å²) in [5.41, 5.74) is 14.0. The Morgan fingerprint density at radius 1 is 0.946 bits per heavy atom. The number of rotatable bonds is 3. The average Bonchev–Trinajstić information content (AvgIpc) is 3.63. The normalized spacial score (nSPS) is 48.2. The van der Waals surface area contributed by atoms with Crippen LogP contribution in [-0.4, -0.2) is 59.5 Å². The van der Waals surface area contributed by atoms with Crippen molar-refractivity contribution in [3.8, 4) is 0 Å². The van der Waals surface area contributed by atoms with E-state index in [9.17, 15) is 4.79 Å². The summed E-state index contributed by atoms with van der Waals surface area (Å²) >= 11 is 0. The van der Waals surface area contributed by atoms with Gasteiger partial charge in [0.2, 0.25) is 0 Å². The van der Waals surface area contributed by atoms with Gasteiger partial charge in [-0.1, -0.05) is 49.3 Å². The minimum absolute atomic E-state index is 0.0520. The smallest absolute Gasteiger partial charge is 0.339 e. The Hall–Kier alpha value is -3.16. The highest BCUT2D eigenvalue weighted by Gasteiger charge is 2.93. The predicted molar refractivity (Wildman–Crippen MR) is 213 cm³/mol. The number of piperidine rings is 3. The van der Waals surface area contributed by atoms with Gasteiger partial charge in [-0.25, -0.2) is 4.79 Å². The molecular weight excluding hydrogens is 695 g/mol. The van der Waals surface area contributed by atoms with Crippen LogP contribution in [0.2, 0.25) is 0 Å². The van der Waals surface area contributed by atoms with Gasteiger partial charge in [0.25, 0.3) is 0 Å². The zero-order valence-electron chi connectivity index (χ0n) is 33.7. The second kappa shape index (κ2) is 11.1. The van der Waals surface area contributed by atoms with Crippen molar-refractivity contribution in [2.24, 2.45) is 63.9 Å². The van der Waals surface area contributed by atoms with Gasteiger partial charge in [-0.15, -0.1) is 0 Å². The van der Waals surface area contributed by atoms with Crippen LogP contribution in [0.3, 0.4) is 0 Å². The van der Waals surface area contributed by atoms with E-state index in [0.717, 1.165) is 73.8 Å². The van der Waals surface area contributed by atoms with E-state index in [2.05, 4.69) is 60.9 Å². The zero-order valence-corrected chi connectivity index (χ0v) is 33.7. The van der Waals surface area contributed by atoms with Gasteiger partial charge in [-0.05, 0) is 155 Å². The van der Waals surface area contributed by atoms with E-state index < -0.39 is 16.4 Å². The van der Waals surface area contributed by atoms with Crippen molar-refractivity contribution in [2.75, 3.05) is 19.6 Å². The molecule has 0 amide bonds. The van der Waals surface area contributed by atoms with Crippen molar-refractivity contribution in [1.82, 2.24) is 9.80 Å². The molecule has 8 aliphatic heterocycles. The molecule has 6 fully saturated rings. The van der Waals surface area contributed by atoms with E-state index in [1.807, 2.05) is 0 Å². The number of aryl methyl sites for hydroxylation is 1. The molecule has 56 heavy (non-hydrogen) atoms. The van der Waals surface area contributed by atoms with Crippen LogP contribution in [0.4, 0.5) is 0 Å². The molecule has 5 aliphatic carbocycles. The van der Waals surface area contributed by atoms with Crippen LogP contribution in [0, 0.1) is 58.2 Å². The Balaban J connectivity index is 1.12. The molecule has 3 spiro atoms. The minimum atomic E-state index is -0.946. The van der Waals surface area contributed by atoms with Crippen molar-refractivity contribution >= 4 is 11.9 Å². The Morgan fingerprint density at radius 3 is 2.70 bits per heavy atom. The molecule has 0 radical (unpaired) electrons. The van der Waals surface area contributed by atoms with Crippen molar-refractivity contribution in [3.63, 3.8) is 0 Å². The fraction of sp³-hybridized carbons (Fsp3) is 0.673. The van der Waals surface area contributed by atoms with Crippen LogP contribution in [0.15, 0.2) is 64.1 Å². The third-order valence-electron chi connectivity index (χ3n) is 19.1.